The molecule has 0 bridgehead atoms. The number of alkyl halides is 1. The number of hydrogen-bond acceptors (Lipinski definition) is 1. The fraction of sp³-hybridized carbons (Fsp3) is 0.133. The van der Waals surface area contributed by atoms with Crippen LogP contribution in [-0.4, -0.2) is 5.91 Å². The Kier molecular flexibility index (Phi) is 4.83. The number of benzene rings is 2. The van der Waals surface area contributed by atoms with Crippen LogP contribution in [0, 0.1) is 0 Å². The molecule has 0 radical (unpaired) electrons. The van der Waals surface area contributed by atoms with Gasteiger partial charge in [-0.05, 0) is 17.2 Å². The van der Waals surface area contributed by atoms with E-state index in [0.717, 1.165) is 11.1 Å². The van der Waals surface area contributed by atoms with Crippen LogP contribution in [0.4, 0.5) is 0 Å². The molecule has 0 aliphatic rings. The average molecular weight is 294 g/mol. The zero-order valence-corrected chi connectivity index (χ0v) is 11.7. The van der Waals surface area contributed by atoms with E-state index in [1.807, 2.05) is 48.5 Å². The number of hydrogen-bond donors (Lipinski definition) is 1. The molecule has 0 heterocycles. The third-order valence-electron chi connectivity index (χ3n) is 2.73. The van der Waals surface area contributed by atoms with Gasteiger partial charge in [0.2, 0.25) is 5.91 Å². The number of rotatable bonds is 4. The Morgan fingerprint density at radius 3 is 2.37 bits per heavy atom. The minimum absolute atomic E-state index is 0.229. The molecule has 0 spiro atoms. The van der Waals surface area contributed by atoms with Gasteiger partial charge in [0.15, 0.2) is 0 Å². The molecule has 2 nitrogen and oxygen atoms in total. The summed E-state index contributed by atoms with van der Waals surface area (Å²) in [6.07, 6.45) is 0. The second kappa shape index (κ2) is 6.60. The van der Waals surface area contributed by atoms with Gasteiger partial charge in [0.25, 0.3) is 0 Å². The van der Waals surface area contributed by atoms with Gasteiger partial charge in [-0.1, -0.05) is 60.1 Å². The summed E-state index contributed by atoms with van der Waals surface area (Å²) in [5.74, 6) is -0.229. The van der Waals surface area contributed by atoms with E-state index in [-0.39, 0.29) is 5.91 Å². The predicted molar refractivity (Wildman–Crippen MR) is 78.3 cm³/mol. The van der Waals surface area contributed by atoms with E-state index >= 15 is 0 Å². The van der Waals surface area contributed by atoms with Gasteiger partial charge in [0, 0.05) is 11.6 Å². The van der Waals surface area contributed by atoms with Crippen LogP contribution in [0.2, 0.25) is 5.02 Å². The molecule has 0 saturated heterocycles. The van der Waals surface area contributed by atoms with Gasteiger partial charge in [0.05, 0.1) is 0 Å². The monoisotopic (exact) mass is 293 g/mol. The molecule has 19 heavy (non-hydrogen) atoms. The Labute approximate surface area is 122 Å². The zero-order valence-electron chi connectivity index (χ0n) is 10.1. The predicted octanol–water partition coefficient (Wildman–Crippen LogP) is 3.94. The van der Waals surface area contributed by atoms with Crippen molar-refractivity contribution in [2.45, 2.75) is 11.9 Å². The standard InChI is InChI=1S/C15H13Cl2NO/c16-13-9-5-4-8-12(13)10-18-15(19)14(17)11-6-2-1-3-7-11/h1-9,14H,10H2,(H,18,19)/t14-/m0/s1. The quantitative estimate of drug-likeness (QED) is 0.850. The maximum absolute atomic E-state index is 11.9. The second-order valence-corrected chi connectivity index (χ2v) is 4.93. The van der Waals surface area contributed by atoms with Gasteiger partial charge in [-0.2, -0.15) is 0 Å². The molecule has 2 rings (SSSR count). The van der Waals surface area contributed by atoms with E-state index in [0.29, 0.717) is 11.6 Å². The molecule has 1 atom stereocenters. The molecular formula is C15H13Cl2NO. The van der Waals surface area contributed by atoms with Crippen molar-refractivity contribution in [3.05, 3.63) is 70.7 Å². The summed E-state index contributed by atoms with van der Waals surface area (Å²) in [6, 6.07) is 16.6. The van der Waals surface area contributed by atoms with Crippen LogP contribution in [0.5, 0.6) is 0 Å². The molecule has 0 aromatic heterocycles. The first-order valence-corrected chi connectivity index (χ1v) is 6.70. The molecular weight excluding hydrogens is 281 g/mol. The lowest BCUT2D eigenvalue weighted by Crippen LogP contribution is -2.26. The van der Waals surface area contributed by atoms with Crippen molar-refractivity contribution < 1.29 is 4.79 Å². The Hall–Kier alpha value is -1.51. The van der Waals surface area contributed by atoms with E-state index in [2.05, 4.69) is 5.32 Å². The van der Waals surface area contributed by atoms with Gasteiger partial charge in [-0.15, -0.1) is 11.6 Å². The average Bonchev–Trinajstić information content (AvgIpc) is 2.46. The normalized spacial score (nSPS) is 11.9. The van der Waals surface area contributed by atoms with Crippen LogP contribution in [0.3, 0.4) is 0 Å². The van der Waals surface area contributed by atoms with Gasteiger partial charge in [0.1, 0.15) is 5.38 Å². The van der Waals surface area contributed by atoms with Crippen molar-refractivity contribution in [2.24, 2.45) is 0 Å². The van der Waals surface area contributed by atoms with E-state index in [4.69, 9.17) is 23.2 Å². The van der Waals surface area contributed by atoms with E-state index in [1.54, 1.807) is 6.07 Å². The number of carbonyl (C=O) groups excluding carboxylic acids is 1. The Morgan fingerprint density at radius 1 is 1.05 bits per heavy atom. The van der Waals surface area contributed by atoms with Crippen molar-refractivity contribution >= 4 is 29.1 Å². The number of nitrogens with one attached hydrogen (secondary N) is 1. The van der Waals surface area contributed by atoms with Gasteiger partial charge >= 0.3 is 0 Å². The SMILES string of the molecule is O=C(NCc1ccccc1Cl)[C@@H](Cl)c1ccccc1. The summed E-state index contributed by atoms with van der Waals surface area (Å²) < 4.78 is 0. The van der Waals surface area contributed by atoms with Crippen LogP contribution in [0.25, 0.3) is 0 Å². The first-order chi connectivity index (χ1) is 9.18. The van der Waals surface area contributed by atoms with Crippen LogP contribution in [0.1, 0.15) is 16.5 Å². The van der Waals surface area contributed by atoms with Crippen LogP contribution < -0.4 is 5.32 Å². The fourth-order valence-corrected chi connectivity index (χ4v) is 2.11. The maximum atomic E-state index is 11.9. The molecule has 1 amide bonds. The Bertz CT molecular complexity index is 557. The van der Waals surface area contributed by atoms with Crippen LogP contribution >= 0.6 is 23.2 Å². The van der Waals surface area contributed by atoms with Crippen LogP contribution in [0.15, 0.2) is 54.6 Å². The molecule has 0 fully saturated rings. The van der Waals surface area contributed by atoms with Gasteiger partial charge < -0.3 is 5.32 Å². The molecule has 98 valence electrons. The van der Waals surface area contributed by atoms with Gasteiger partial charge in [-0.25, -0.2) is 0 Å². The number of carbonyl (C=O) groups is 1. The summed E-state index contributed by atoms with van der Waals surface area (Å²) >= 11 is 12.1. The molecule has 4 heteroatoms. The van der Waals surface area contributed by atoms with E-state index in [9.17, 15) is 4.79 Å². The molecule has 1 N–H and O–H groups in total. The third-order valence-corrected chi connectivity index (χ3v) is 3.55. The molecule has 0 aliphatic heterocycles. The number of halogens is 2. The highest BCUT2D eigenvalue weighted by atomic mass is 35.5. The van der Waals surface area contributed by atoms with Crippen molar-refractivity contribution in [1.29, 1.82) is 0 Å². The lowest BCUT2D eigenvalue weighted by Gasteiger charge is -2.11. The highest BCUT2D eigenvalue weighted by molar-refractivity contribution is 6.31. The molecule has 2 aromatic carbocycles. The van der Waals surface area contributed by atoms with E-state index < -0.39 is 5.38 Å². The van der Waals surface area contributed by atoms with Crippen molar-refractivity contribution in [2.75, 3.05) is 0 Å². The third kappa shape index (κ3) is 3.72. The zero-order chi connectivity index (χ0) is 13.7. The molecule has 2 aromatic rings. The number of amides is 1. The first kappa shape index (κ1) is 13.9. The first-order valence-electron chi connectivity index (χ1n) is 5.88. The Balaban J connectivity index is 1.97. The molecule has 0 aliphatic carbocycles. The smallest absolute Gasteiger partial charge is 0.242 e. The summed E-state index contributed by atoms with van der Waals surface area (Å²) in [6.45, 7) is 0.370. The Morgan fingerprint density at radius 2 is 1.68 bits per heavy atom. The summed E-state index contributed by atoms with van der Waals surface area (Å²) in [4.78, 5) is 11.9. The van der Waals surface area contributed by atoms with Crippen LogP contribution in [-0.2, 0) is 11.3 Å². The molecule has 0 unspecified atom stereocenters. The van der Waals surface area contributed by atoms with E-state index in [1.165, 1.54) is 0 Å². The lowest BCUT2D eigenvalue weighted by molar-refractivity contribution is -0.121. The minimum atomic E-state index is -0.691. The van der Waals surface area contributed by atoms with Crippen molar-refractivity contribution in [3.63, 3.8) is 0 Å². The topological polar surface area (TPSA) is 29.1 Å². The second-order valence-electron chi connectivity index (χ2n) is 4.08. The lowest BCUT2D eigenvalue weighted by atomic mass is 10.1. The summed E-state index contributed by atoms with van der Waals surface area (Å²) in [7, 11) is 0. The van der Waals surface area contributed by atoms with Crippen molar-refractivity contribution in [3.8, 4) is 0 Å². The molecule has 0 saturated carbocycles. The largest absolute Gasteiger partial charge is 0.350 e. The highest BCUT2D eigenvalue weighted by Gasteiger charge is 2.16. The maximum Gasteiger partial charge on any atom is 0.242 e. The summed E-state index contributed by atoms with van der Waals surface area (Å²) in [5, 5.41) is 2.72. The minimum Gasteiger partial charge on any atom is -0.350 e. The highest BCUT2D eigenvalue weighted by Crippen LogP contribution is 2.20. The fourth-order valence-electron chi connectivity index (χ4n) is 1.69. The van der Waals surface area contributed by atoms with Crippen molar-refractivity contribution in [1.82, 2.24) is 5.32 Å². The van der Waals surface area contributed by atoms with Gasteiger partial charge in [-0.3, -0.25) is 4.79 Å². The summed E-state index contributed by atoms with van der Waals surface area (Å²) in [5.41, 5.74) is 1.65.